The molecule has 3 aromatic carbocycles. The molecule has 2 fully saturated rings. The highest BCUT2D eigenvalue weighted by molar-refractivity contribution is 5.90. The lowest BCUT2D eigenvalue weighted by Gasteiger charge is -2.31. The van der Waals surface area contributed by atoms with Crippen molar-refractivity contribution in [3.05, 3.63) is 113 Å². The van der Waals surface area contributed by atoms with Gasteiger partial charge >= 0.3 is 11.7 Å². The van der Waals surface area contributed by atoms with Crippen LogP contribution in [0.5, 0.6) is 11.8 Å². The van der Waals surface area contributed by atoms with E-state index in [9.17, 15) is 14.4 Å². The number of pyridine rings is 1. The number of anilines is 1. The van der Waals surface area contributed by atoms with Crippen molar-refractivity contribution in [2.75, 3.05) is 18.4 Å². The molecule has 2 aliphatic rings. The zero-order valence-corrected chi connectivity index (χ0v) is 31.5. The maximum absolute atomic E-state index is 14.0. The Balaban J connectivity index is 1.07. The minimum Gasteiger partial charge on any atom is -0.473 e. The van der Waals surface area contributed by atoms with E-state index < -0.39 is 5.60 Å². The lowest BCUT2D eigenvalue weighted by molar-refractivity contribution is -0.159. The number of ether oxygens (including phenoxy) is 3. The Kier molecular flexibility index (Phi) is 10.8. The molecule has 0 unspecified atom stereocenters. The number of nitrogens with one attached hydrogen (secondary N) is 1. The third kappa shape index (κ3) is 8.30. The third-order valence-electron chi connectivity index (χ3n) is 10.2. The van der Waals surface area contributed by atoms with Gasteiger partial charge in [0.2, 0.25) is 17.7 Å². The Labute approximate surface area is 315 Å². The molecule has 1 aliphatic carbocycles. The highest BCUT2D eigenvalue weighted by atomic mass is 16.6. The monoisotopic (exact) mass is 731 g/mol. The first-order valence-corrected chi connectivity index (χ1v) is 18.9. The Morgan fingerprint density at radius 3 is 2.13 bits per heavy atom. The number of para-hydroxylation sites is 1. The highest BCUT2D eigenvalue weighted by Crippen LogP contribution is 2.34. The summed E-state index contributed by atoms with van der Waals surface area (Å²) in [4.78, 5) is 46.7. The van der Waals surface area contributed by atoms with Gasteiger partial charge in [-0.15, -0.1) is 0 Å². The summed E-state index contributed by atoms with van der Waals surface area (Å²) in [5.41, 5.74) is 4.07. The average molecular weight is 732 g/mol. The van der Waals surface area contributed by atoms with Gasteiger partial charge in [0, 0.05) is 38.2 Å². The minimum absolute atomic E-state index is 0.0666. The summed E-state index contributed by atoms with van der Waals surface area (Å²) >= 11 is 0. The molecule has 1 amide bonds. The molecule has 0 radical (unpaired) electrons. The number of aromatic nitrogens is 3. The van der Waals surface area contributed by atoms with E-state index in [-0.39, 0.29) is 47.9 Å². The number of imidazole rings is 1. The Morgan fingerprint density at radius 1 is 0.796 bits per heavy atom. The first-order valence-electron chi connectivity index (χ1n) is 18.9. The van der Waals surface area contributed by atoms with E-state index in [1.54, 1.807) is 22.2 Å². The predicted molar refractivity (Wildman–Crippen MR) is 208 cm³/mol. The molecule has 5 aromatic rings. The number of nitrogens with zero attached hydrogens (tertiary/aromatic N) is 4. The summed E-state index contributed by atoms with van der Waals surface area (Å²) in [7, 11) is 1.78. The van der Waals surface area contributed by atoms with E-state index in [0.717, 1.165) is 48.0 Å². The fourth-order valence-corrected chi connectivity index (χ4v) is 7.49. The van der Waals surface area contributed by atoms with Gasteiger partial charge in [-0.2, -0.15) is 4.98 Å². The van der Waals surface area contributed by atoms with Crippen LogP contribution < -0.4 is 20.5 Å². The van der Waals surface area contributed by atoms with Crippen LogP contribution in [-0.4, -0.2) is 55.6 Å². The summed E-state index contributed by atoms with van der Waals surface area (Å²) < 4.78 is 21.2. The number of rotatable bonds is 11. The summed E-state index contributed by atoms with van der Waals surface area (Å²) in [5, 5.41) is 3.71. The van der Waals surface area contributed by atoms with Crippen LogP contribution in [0, 0.1) is 11.8 Å². The molecule has 11 nitrogen and oxygen atoms in total. The second kappa shape index (κ2) is 15.8. The topological polar surface area (TPSA) is 117 Å². The van der Waals surface area contributed by atoms with Crippen molar-refractivity contribution in [2.45, 2.75) is 77.7 Å². The number of carbonyl (C=O) groups excluding carboxylic acids is 2. The van der Waals surface area contributed by atoms with E-state index in [1.807, 2.05) is 111 Å². The van der Waals surface area contributed by atoms with Crippen molar-refractivity contribution in [2.24, 2.45) is 18.9 Å². The molecule has 54 heavy (non-hydrogen) atoms. The van der Waals surface area contributed by atoms with Crippen molar-refractivity contribution >= 4 is 28.6 Å². The molecule has 1 saturated carbocycles. The predicted octanol–water partition coefficient (Wildman–Crippen LogP) is 7.04. The number of aryl methyl sites for hydroxylation is 1. The van der Waals surface area contributed by atoms with E-state index in [0.29, 0.717) is 43.2 Å². The summed E-state index contributed by atoms with van der Waals surface area (Å²) in [6.07, 6.45) is 3.79. The smallest absolute Gasteiger partial charge is 0.333 e. The summed E-state index contributed by atoms with van der Waals surface area (Å²) in [6, 6.07) is 29.3. The SMILES string of the molecule is Cn1c(=O)n(-c2ccc(OCc3ccccc3)nc2OCc2ccccc2)c2cccc(NC3CCC(C(=O)N4CC[C@@H](C(=O)OC(C)(C)C)C4)CC3)c21. The van der Waals surface area contributed by atoms with Crippen molar-refractivity contribution in [3.63, 3.8) is 0 Å². The van der Waals surface area contributed by atoms with Gasteiger partial charge in [-0.05, 0) is 82.2 Å². The normalized spacial score (nSPS) is 18.7. The Bertz CT molecular complexity index is 2150. The number of carbonyl (C=O) groups is 2. The van der Waals surface area contributed by atoms with Gasteiger partial charge < -0.3 is 24.4 Å². The molecule has 7 rings (SSSR count). The minimum atomic E-state index is -0.542. The van der Waals surface area contributed by atoms with Gasteiger partial charge in [0.05, 0.1) is 22.6 Å². The fourth-order valence-electron chi connectivity index (χ4n) is 7.49. The van der Waals surface area contributed by atoms with Gasteiger partial charge in [-0.25, -0.2) is 4.79 Å². The maximum atomic E-state index is 14.0. The van der Waals surface area contributed by atoms with Crippen molar-refractivity contribution in [1.82, 2.24) is 19.0 Å². The second-order valence-corrected chi connectivity index (χ2v) is 15.4. The van der Waals surface area contributed by atoms with Gasteiger partial charge in [0.25, 0.3) is 0 Å². The van der Waals surface area contributed by atoms with Crippen LogP contribution in [0.25, 0.3) is 16.7 Å². The van der Waals surface area contributed by atoms with Crippen molar-refractivity contribution in [1.29, 1.82) is 0 Å². The second-order valence-electron chi connectivity index (χ2n) is 15.4. The van der Waals surface area contributed by atoms with Crippen LogP contribution in [-0.2, 0) is 34.6 Å². The van der Waals surface area contributed by atoms with Crippen molar-refractivity contribution in [3.8, 4) is 17.4 Å². The number of hydrogen-bond acceptors (Lipinski definition) is 8. The van der Waals surface area contributed by atoms with E-state index in [1.165, 1.54) is 0 Å². The average Bonchev–Trinajstić information content (AvgIpc) is 3.77. The van der Waals surface area contributed by atoms with Crippen LogP contribution in [0.15, 0.2) is 95.8 Å². The lowest BCUT2D eigenvalue weighted by atomic mass is 9.85. The molecule has 1 aliphatic heterocycles. The molecule has 2 aromatic heterocycles. The van der Waals surface area contributed by atoms with E-state index in [2.05, 4.69) is 5.32 Å². The van der Waals surface area contributed by atoms with Gasteiger partial charge in [-0.3, -0.25) is 18.7 Å². The summed E-state index contributed by atoms with van der Waals surface area (Å²) in [6.45, 7) is 7.22. The molecule has 1 saturated heterocycles. The van der Waals surface area contributed by atoms with Crippen molar-refractivity contribution < 1.29 is 23.8 Å². The number of likely N-dealkylation sites (tertiary alicyclic amines) is 1. The molecular weight excluding hydrogens is 683 g/mol. The number of esters is 1. The van der Waals surface area contributed by atoms with Crippen LogP contribution >= 0.6 is 0 Å². The molecule has 0 spiro atoms. The third-order valence-corrected chi connectivity index (χ3v) is 10.2. The highest BCUT2D eigenvalue weighted by Gasteiger charge is 2.37. The number of benzene rings is 3. The van der Waals surface area contributed by atoms with Crippen LogP contribution in [0.1, 0.15) is 64.0 Å². The largest absolute Gasteiger partial charge is 0.473 e. The van der Waals surface area contributed by atoms with E-state index >= 15 is 0 Å². The molecule has 1 atom stereocenters. The molecule has 282 valence electrons. The first-order chi connectivity index (χ1) is 26.0. The number of amides is 1. The molecule has 11 heteroatoms. The van der Waals surface area contributed by atoms with E-state index in [4.69, 9.17) is 19.2 Å². The Morgan fingerprint density at radius 2 is 1.46 bits per heavy atom. The fraction of sp³-hybridized carbons (Fsp3) is 0.395. The molecule has 3 heterocycles. The number of fused-ring (bicyclic) bond motifs is 1. The van der Waals surface area contributed by atoms with Gasteiger partial charge in [0.1, 0.15) is 24.5 Å². The standard InChI is InChI=1S/C43H49N5O6/c1-43(2,3)54-41(50)32-24-25-47(26-32)40(49)31-18-20-33(21-19-31)44-34-16-11-17-35-38(34)46(4)42(51)48(35)36-22-23-37(52-27-29-12-7-5-8-13-29)45-39(36)53-28-30-14-9-6-10-15-30/h5-17,22-23,31-33,44H,18-21,24-28H2,1-4H3/t31?,32-,33?/m1/s1. The van der Waals surface area contributed by atoms with Gasteiger partial charge in [0.15, 0.2) is 0 Å². The zero-order valence-electron chi connectivity index (χ0n) is 31.5. The zero-order chi connectivity index (χ0) is 37.8. The maximum Gasteiger partial charge on any atom is 0.333 e. The lowest BCUT2D eigenvalue weighted by Crippen LogP contribution is -2.39. The van der Waals surface area contributed by atoms with Crippen LogP contribution in [0.3, 0.4) is 0 Å². The Hall–Kier alpha value is -5.58. The van der Waals surface area contributed by atoms with Gasteiger partial charge in [-0.1, -0.05) is 66.7 Å². The number of hydrogen-bond donors (Lipinski definition) is 1. The summed E-state index contributed by atoms with van der Waals surface area (Å²) in [5.74, 6) is 0.261. The molecular formula is C43H49N5O6. The molecule has 1 N–H and O–H groups in total. The van der Waals surface area contributed by atoms with Crippen LogP contribution in [0.4, 0.5) is 5.69 Å². The molecule has 0 bridgehead atoms. The quantitative estimate of drug-likeness (QED) is 0.144. The van der Waals surface area contributed by atoms with Crippen LogP contribution in [0.2, 0.25) is 0 Å². The first kappa shape index (κ1) is 36.8.